The molecule has 0 bridgehead atoms. The van der Waals surface area contributed by atoms with Gasteiger partial charge in [-0.15, -0.1) is 0 Å². The molecule has 0 N–H and O–H groups in total. The Kier molecular flexibility index (Phi) is 19.9. The Morgan fingerprint density at radius 3 is 0.595 bits per heavy atom. The van der Waals surface area contributed by atoms with Crippen LogP contribution in [0.1, 0.15) is 0 Å². The van der Waals surface area contributed by atoms with Crippen molar-refractivity contribution in [3.63, 3.8) is 0 Å². The molecule has 6 nitrogen and oxygen atoms in total. The lowest BCUT2D eigenvalue weighted by Crippen LogP contribution is -1.97. The van der Waals surface area contributed by atoms with Crippen LogP contribution in [0.25, 0.3) is 232 Å². The Bertz CT molecular complexity index is 8140. The second-order valence-electron chi connectivity index (χ2n) is 31.8. The maximum atomic E-state index is 5.24. The Hall–Kier alpha value is -16.8. The van der Waals surface area contributed by atoms with Gasteiger partial charge in [0.25, 0.3) is 0 Å². The van der Waals surface area contributed by atoms with Gasteiger partial charge >= 0.3 is 0 Å². The van der Waals surface area contributed by atoms with E-state index < -0.39 is 0 Å². The van der Waals surface area contributed by atoms with E-state index in [1.54, 1.807) is 0 Å². The fourth-order valence-corrected chi connectivity index (χ4v) is 18.1. The van der Waals surface area contributed by atoms with Gasteiger partial charge in [0.15, 0.2) is 17.5 Å². The van der Waals surface area contributed by atoms with Crippen molar-refractivity contribution in [1.29, 1.82) is 0 Å². The number of hydrogen-bond acceptors (Lipinski definition) is 6. The molecule has 24 rings (SSSR count). The highest BCUT2D eigenvalue weighted by atomic mass is 14.9. The third-order valence-electron chi connectivity index (χ3n) is 24.2. The molecule has 0 atom stereocenters. The summed E-state index contributed by atoms with van der Waals surface area (Å²) in [6.45, 7) is 0. The Labute approximate surface area is 730 Å². The Morgan fingerprint density at radius 2 is 0.302 bits per heavy atom. The molecule has 21 aromatic carbocycles. The summed E-state index contributed by atoms with van der Waals surface area (Å²) in [5, 5.41) is 17.6. The summed E-state index contributed by atoms with van der Waals surface area (Å²) in [5.74, 6) is 2.19. The molecule has 24 aromatic rings. The molecule has 0 amide bonds. The fourth-order valence-electron chi connectivity index (χ4n) is 18.1. The smallest absolute Gasteiger partial charge is 0.160 e. The van der Waals surface area contributed by atoms with Crippen molar-refractivity contribution in [3.8, 4) is 135 Å². The van der Waals surface area contributed by atoms with Gasteiger partial charge < -0.3 is 0 Å². The molecule has 0 spiro atoms. The standard InChI is InChI=1S/3C40H26N2/c1-3-13-30(14-4-1)38-37-26-36(29-24-22-28(23-25-29)33-21-11-17-27-12-7-8-18-32(27)33)34-19-9-10-20-35(34)39(37)42-40(41-38)31-15-5-2-6-16-31;1-3-12-28(13-4-1)36-26-37-38(30-24-22-29(23-25-30)33-21-11-17-27-14-7-8-18-32(27)33)41-40(31-15-5-2-6-16-31)42-39(37)35-20-10-9-19-34(35)36;1-3-12-28(13-4-1)36-26-37-38(30-15-5-2-6-16-30)41-40(42-39(37)35-20-10-9-19-34(35)36)31-24-22-29(23-25-31)33-21-11-17-27-14-7-8-18-32(27)33/h3*1-26H. The van der Waals surface area contributed by atoms with Crippen molar-refractivity contribution in [2.45, 2.75) is 0 Å². The van der Waals surface area contributed by atoms with Crippen LogP contribution in [0, 0.1) is 0 Å². The molecule has 3 heterocycles. The predicted molar refractivity (Wildman–Crippen MR) is 529 cm³/mol. The first-order chi connectivity index (χ1) is 62.5. The van der Waals surface area contributed by atoms with E-state index in [4.69, 9.17) is 29.9 Å². The minimum Gasteiger partial charge on any atom is -0.227 e. The number of hydrogen-bond donors (Lipinski definition) is 0. The topological polar surface area (TPSA) is 77.3 Å². The number of benzene rings is 21. The SMILES string of the molecule is c1ccc(-c2cc3c(-c4ccccc4)nc(-c4ccc(-c5cccc6ccccc56)cc4)nc3c3ccccc23)cc1.c1ccc(-c2nc(-c3ccc(-c4cccc5ccccc45)cc3)c3cc(-c4ccccc4)c4ccccc4c3n2)cc1.c1ccc(-c2nc(-c3ccccc3)c3cc(-c4ccc(-c5cccc6ccccc56)cc4)c4ccccc4c3n2)cc1. The molecule has 0 radical (unpaired) electrons. The van der Waals surface area contributed by atoms with Crippen molar-refractivity contribution in [1.82, 2.24) is 29.9 Å². The van der Waals surface area contributed by atoms with Gasteiger partial charge in [0, 0.05) is 65.7 Å². The molecular weight excluding hydrogens is 1530 g/mol. The van der Waals surface area contributed by atoms with Crippen LogP contribution in [0.5, 0.6) is 0 Å². The van der Waals surface area contributed by atoms with Gasteiger partial charge in [0.05, 0.1) is 33.6 Å². The fraction of sp³-hybridized carbons (Fsp3) is 0. The van der Waals surface area contributed by atoms with Gasteiger partial charge in [0.2, 0.25) is 0 Å². The lowest BCUT2D eigenvalue weighted by molar-refractivity contribution is 1.23. The monoisotopic (exact) mass is 1600 g/mol. The van der Waals surface area contributed by atoms with Crippen LogP contribution < -0.4 is 0 Å². The van der Waals surface area contributed by atoms with Crippen LogP contribution in [0.4, 0.5) is 0 Å². The normalized spacial score (nSPS) is 11.3. The molecule has 0 unspecified atom stereocenters. The van der Waals surface area contributed by atoms with E-state index in [1.165, 1.54) is 115 Å². The van der Waals surface area contributed by atoms with E-state index >= 15 is 0 Å². The molecule has 6 heteroatoms. The molecule has 0 aliphatic carbocycles. The van der Waals surface area contributed by atoms with Crippen molar-refractivity contribution >= 4 is 97.3 Å². The summed E-state index contributed by atoms with van der Waals surface area (Å²) in [4.78, 5) is 31.2. The zero-order chi connectivity index (χ0) is 83.6. The number of nitrogens with zero attached hydrogens (tertiary/aromatic N) is 6. The third kappa shape index (κ3) is 14.5. The highest BCUT2D eigenvalue weighted by Crippen LogP contribution is 2.45. The van der Waals surface area contributed by atoms with E-state index in [0.29, 0.717) is 0 Å². The first-order valence-corrected chi connectivity index (χ1v) is 42.8. The molecule has 0 aliphatic rings. The summed E-state index contributed by atoms with van der Waals surface area (Å²) < 4.78 is 0. The van der Waals surface area contributed by atoms with Crippen LogP contribution in [0.15, 0.2) is 473 Å². The Balaban J connectivity index is 0.000000112. The van der Waals surface area contributed by atoms with E-state index in [1.807, 2.05) is 48.5 Å². The number of aromatic nitrogens is 6. The third-order valence-corrected chi connectivity index (χ3v) is 24.2. The van der Waals surface area contributed by atoms with Crippen LogP contribution in [-0.4, -0.2) is 29.9 Å². The molecule has 588 valence electrons. The second kappa shape index (κ2) is 33.3. The summed E-state index contributed by atoms with van der Waals surface area (Å²) in [6, 6.07) is 167. The van der Waals surface area contributed by atoms with Crippen molar-refractivity contribution in [3.05, 3.63) is 473 Å². The van der Waals surface area contributed by atoms with Crippen LogP contribution in [-0.2, 0) is 0 Å². The van der Waals surface area contributed by atoms with Gasteiger partial charge in [-0.2, -0.15) is 0 Å². The lowest BCUT2D eigenvalue weighted by atomic mass is 9.92. The van der Waals surface area contributed by atoms with Gasteiger partial charge in [0.1, 0.15) is 0 Å². The first-order valence-electron chi connectivity index (χ1n) is 42.8. The predicted octanol–water partition coefficient (Wildman–Crippen LogP) is 31.8. The van der Waals surface area contributed by atoms with Crippen molar-refractivity contribution in [2.24, 2.45) is 0 Å². The van der Waals surface area contributed by atoms with Gasteiger partial charge in [-0.1, -0.05) is 455 Å². The van der Waals surface area contributed by atoms with E-state index in [-0.39, 0.29) is 0 Å². The Morgan fingerprint density at radius 1 is 0.111 bits per heavy atom. The maximum absolute atomic E-state index is 5.24. The van der Waals surface area contributed by atoms with Crippen LogP contribution in [0.3, 0.4) is 0 Å². The van der Waals surface area contributed by atoms with Crippen molar-refractivity contribution in [2.75, 3.05) is 0 Å². The van der Waals surface area contributed by atoms with Crippen LogP contribution >= 0.6 is 0 Å². The van der Waals surface area contributed by atoms with Gasteiger partial charge in [-0.3, -0.25) is 0 Å². The average molecular weight is 1600 g/mol. The summed E-state index contributed by atoms with van der Waals surface area (Å²) in [7, 11) is 0. The second-order valence-corrected chi connectivity index (χ2v) is 31.8. The summed E-state index contributed by atoms with van der Waals surface area (Å²) >= 11 is 0. The minimum absolute atomic E-state index is 0.725. The lowest BCUT2D eigenvalue weighted by Gasteiger charge is -2.15. The van der Waals surface area contributed by atoms with Crippen LogP contribution in [0.2, 0.25) is 0 Å². The minimum atomic E-state index is 0.725. The van der Waals surface area contributed by atoms with E-state index in [2.05, 4.69) is 425 Å². The largest absolute Gasteiger partial charge is 0.227 e. The summed E-state index contributed by atoms with van der Waals surface area (Å²) in [6.07, 6.45) is 0. The highest BCUT2D eigenvalue weighted by Gasteiger charge is 2.23. The molecule has 0 saturated heterocycles. The summed E-state index contributed by atoms with van der Waals surface area (Å²) in [5.41, 5.74) is 26.3. The average Bonchev–Trinajstić information content (AvgIpc) is 0.747. The van der Waals surface area contributed by atoms with E-state index in [9.17, 15) is 0 Å². The zero-order valence-electron chi connectivity index (χ0n) is 68.7. The molecule has 0 fully saturated rings. The number of fused-ring (bicyclic) bond motifs is 12. The first kappa shape index (κ1) is 75.4. The quantitative estimate of drug-likeness (QED) is 0.113. The molecular formula is C120H78N6. The van der Waals surface area contributed by atoms with Gasteiger partial charge in [-0.05, 0) is 133 Å². The molecule has 0 aliphatic heterocycles. The molecule has 126 heavy (non-hydrogen) atoms. The maximum Gasteiger partial charge on any atom is 0.160 e. The van der Waals surface area contributed by atoms with Gasteiger partial charge in [-0.25, -0.2) is 29.9 Å². The van der Waals surface area contributed by atoms with Crippen molar-refractivity contribution < 1.29 is 0 Å². The zero-order valence-corrected chi connectivity index (χ0v) is 68.7. The van der Waals surface area contributed by atoms with E-state index in [0.717, 1.165) is 117 Å². The number of rotatable bonds is 12. The molecule has 3 aromatic heterocycles. The molecule has 0 saturated carbocycles. The highest BCUT2D eigenvalue weighted by molar-refractivity contribution is 6.19.